The first-order valence-electron chi connectivity index (χ1n) is 6.29. The van der Waals surface area contributed by atoms with Crippen molar-refractivity contribution in [1.29, 1.82) is 0 Å². The van der Waals surface area contributed by atoms with Gasteiger partial charge in [0.2, 0.25) is 0 Å². The number of aromatic nitrogens is 1. The van der Waals surface area contributed by atoms with Crippen molar-refractivity contribution in [2.24, 2.45) is 5.92 Å². The molecule has 0 radical (unpaired) electrons. The molecule has 0 bridgehead atoms. The molecule has 1 aliphatic carbocycles. The number of nitrogens with one attached hydrogen (secondary N) is 2. The van der Waals surface area contributed by atoms with E-state index in [0.717, 1.165) is 12.2 Å². The highest BCUT2D eigenvalue weighted by atomic mass is 16.2. The van der Waals surface area contributed by atoms with Gasteiger partial charge in [-0.3, -0.25) is 4.98 Å². The molecule has 2 rings (SSSR count). The van der Waals surface area contributed by atoms with Gasteiger partial charge in [0.25, 0.3) is 0 Å². The van der Waals surface area contributed by atoms with Gasteiger partial charge in [0.15, 0.2) is 0 Å². The van der Waals surface area contributed by atoms with Crippen molar-refractivity contribution in [3.8, 4) is 0 Å². The van der Waals surface area contributed by atoms with Crippen LogP contribution >= 0.6 is 0 Å². The van der Waals surface area contributed by atoms with Crippen LogP contribution in [0, 0.1) is 5.92 Å². The molecule has 0 spiro atoms. The predicted molar refractivity (Wildman–Crippen MR) is 67.8 cm³/mol. The highest BCUT2D eigenvalue weighted by Crippen LogP contribution is 2.22. The highest BCUT2D eigenvalue weighted by Gasteiger charge is 2.13. The maximum atomic E-state index is 11.6. The zero-order valence-electron chi connectivity index (χ0n) is 9.98. The van der Waals surface area contributed by atoms with E-state index < -0.39 is 0 Å². The standard InChI is InChI=1S/C13H19N3O/c17-13(16-12-6-8-14-9-7-12)15-10-11-4-2-1-3-5-11/h6-9,11H,1-5,10H2,(H2,14,15,16,17). The average Bonchev–Trinajstić information content (AvgIpc) is 2.39. The van der Waals surface area contributed by atoms with E-state index in [-0.39, 0.29) is 6.03 Å². The Bertz CT molecular complexity index is 347. The summed E-state index contributed by atoms with van der Waals surface area (Å²) in [5, 5.41) is 5.72. The van der Waals surface area contributed by atoms with Gasteiger partial charge in [0.1, 0.15) is 0 Å². The third-order valence-electron chi connectivity index (χ3n) is 3.21. The van der Waals surface area contributed by atoms with Crippen LogP contribution in [0.25, 0.3) is 0 Å². The number of rotatable bonds is 3. The first kappa shape index (κ1) is 11.9. The van der Waals surface area contributed by atoms with E-state index in [1.807, 2.05) is 0 Å². The molecule has 1 aromatic heterocycles. The fraction of sp³-hybridized carbons (Fsp3) is 0.538. The van der Waals surface area contributed by atoms with Crippen LogP contribution in [0.4, 0.5) is 10.5 Å². The van der Waals surface area contributed by atoms with E-state index in [0.29, 0.717) is 5.92 Å². The fourth-order valence-corrected chi connectivity index (χ4v) is 2.24. The predicted octanol–water partition coefficient (Wildman–Crippen LogP) is 2.78. The Morgan fingerprint density at radius 1 is 1.24 bits per heavy atom. The van der Waals surface area contributed by atoms with Gasteiger partial charge in [0, 0.05) is 24.6 Å². The van der Waals surface area contributed by atoms with Gasteiger partial charge in [-0.2, -0.15) is 0 Å². The largest absolute Gasteiger partial charge is 0.338 e. The summed E-state index contributed by atoms with van der Waals surface area (Å²) in [6, 6.07) is 3.43. The lowest BCUT2D eigenvalue weighted by Gasteiger charge is -2.21. The second kappa shape index (κ2) is 6.23. The molecular weight excluding hydrogens is 214 g/mol. The van der Waals surface area contributed by atoms with Crippen molar-refractivity contribution in [2.75, 3.05) is 11.9 Å². The summed E-state index contributed by atoms with van der Waals surface area (Å²) in [5.41, 5.74) is 0.779. The first-order chi connectivity index (χ1) is 8.34. The van der Waals surface area contributed by atoms with Crippen LogP contribution in [-0.4, -0.2) is 17.6 Å². The average molecular weight is 233 g/mol. The van der Waals surface area contributed by atoms with Crippen molar-refractivity contribution >= 4 is 11.7 Å². The Kier molecular flexibility index (Phi) is 4.36. The van der Waals surface area contributed by atoms with Crippen LogP contribution in [-0.2, 0) is 0 Å². The molecule has 1 heterocycles. The molecule has 0 aromatic carbocycles. The normalized spacial score (nSPS) is 16.5. The minimum atomic E-state index is -0.123. The Hall–Kier alpha value is -1.58. The van der Waals surface area contributed by atoms with Gasteiger partial charge in [-0.25, -0.2) is 4.79 Å². The number of carbonyl (C=O) groups excluding carboxylic acids is 1. The monoisotopic (exact) mass is 233 g/mol. The number of anilines is 1. The van der Waals surface area contributed by atoms with Gasteiger partial charge in [-0.15, -0.1) is 0 Å². The Morgan fingerprint density at radius 3 is 2.65 bits per heavy atom. The zero-order valence-corrected chi connectivity index (χ0v) is 9.98. The van der Waals surface area contributed by atoms with Gasteiger partial charge < -0.3 is 10.6 Å². The van der Waals surface area contributed by atoms with E-state index in [1.54, 1.807) is 24.5 Å². The van der Waals surface area contributed by atoms with Gasteiger partial charge in [-0.05, 0) is 30.9 Å². The van der Waals surface area contributed by atoms with E-state index in [1.165, 1.54) is 32.1 Å². The van der Waals surface area contributed by atoms with Gasteiger partial charge >= 0.3 is 6.03 Å². The topological polar surface area (TPSA) is 54.0 Å². The summed E-state index contributed by atoms with van der Waals surface area (Å²) in [6.45, 7) is 0.789. The quantitative estimate of drug-likeness (QED) is 0.843. The third kappa shape index (κ3) is 4.06. The molecule has 2 N–H and O–H groups in total. The molecule has 2 amide bonds. The maximum absolute atomic E-state index is 11.6. The molecule has 0 atom stereocenters. The van der Waals surface area contributed by atoms with Crippen LogP contribution in [0.3, 0.4) is 0 Å². The molecule has 1 fully saturated rings. The number of urea groups is 1. The highest BCUT2D eigenvalue weighted by molar-refractivity contribution is 5.89. The summed E-state index contributed by atoms with van der Waals surface area (Å²) in [4.78, 5) is 15.5. The number of amides is 2. The number of carbonyl (C=O) groups is 1. The van der Waals surface area contributed by atoms with Crippen molar-refractivity contribution < 1.29 is 4.79 Å². The van der Waals surface area contributed by atoms with Crippen LogP contribution in [0.2, 0.25) is 0 Å². The molecule has 1 aliphatic rings. The third-order valence-corrected chi connectivity index (χ3v) is 3.21. The summed E-state index contributed by atoms with van der Waals surface area (Å²) in [6.07, 6.45) is 9.77. The second-order valence-electron chi connectivity index (χ2n) is 4.57. The molecule has 4 nitrogen and oxygen atoms in total. The molecule has 4 heteroatoms. The number of hydrogen-bond donors (Lipinski definition) is 2. The van der Waals surface area contributed by atoms with Crippen molar-refractivity contribution in [2.45, 2.75) is 32.1 Å². The smallest absolute Gasteiger partial charge is 0.319 e. The summed E-state index contributed by atoms with van der Waals surface area (Å²) >= 11 is 0. The molecule has 1 aromatic rings. The van der Waals surface area contributed by atoms with Crippen molar-refractivity contribution in [1.82, 2.24) is 10.3 Å². The Labute approximate surface area is 102 Å². The molecule has 0 unspecified atom stereocenters. The molecule has 0 saturated heterocycles. The molecular formula is C13H19N3O. The Morgan fingerprint density at radius 2 is 1.94 bits per heavy atom. The summed E-state index contributed by atoms with van der Waals surface area (Å²) in [7, 11) is 0. The molecule has 0 aliphatic heterocycles. The van der Waals surface area contributed by atoms with Crippen LogP contribution in [0.5, 0.6) is 0 Å². The number of hydrogen-bond acceptors (Lipinski definition) is 2. The van der Waals surface area contributed by atoms with Crippen molar-refractivity contribution in [3.05, 3.63) is 24.5 Å². The van der Waals surface area contributed by atoms with Gasteiger partial charge in [0.05, 0.1) is 0 Å². The minimum Gasteiger partial charge on any atom is -0.338 e. The fourth-order valence-electron chi connectivity index (χ4n) is 2.24. The molecule has 17 heavy (non-hydrogen) atoms. The van der Waals surface area contributed by atoms with E-state index >= 15 is 0 Å². The zero-order chi connectivity index (χ0) is 11.9. The van der Waals surface area contributed by atoms with Gasteiger partial charge in [-0.1, -0.05) is 19.3 Å². The minimum absolute atomic E-state index is 0.123. The lowest BCUT2D eigenvalue weighted by molar-refractivity contribution is 0.247. The molecule has 92 valence electrons. The van der Waals surface area contributed by atoms with E-state index in [2.05, 4.69) is 15.6 Å². The lowest BCUT2D eigenvalue weighted by atomic mass is 9.89. The maximum Gasteiger partial charge on any atom is 0.319 e. The number of nitrogens with zero attached hydrogens (tertiary/aromatic N) is 1. The SMILES string of the molecule is O=C(NCC1CCCCC1)Nc1ccncc1. The first-order valence-corrected chi connectivity index (χ1v) is 6.29. The van der Waals surface area contributed by atoms with Crippen LogP contribution < -0.4 is 10.6 Å². The van der Waals surface area contributed by atoms with Crippen LogP contribution in [0.1, 0.15) is 32.1 Å². The van der Waals surface area contributed by atoms with E-state index in [9.17, 15) is 4.79 Å². The Balaban J connectivity index is 1.70. The van der Waals surface area contributed by atoms with E-state index in [4.69, 9.17) is 0 Å². The van der Waals surface area contributed by atoms with Crippen LogP contribution in [0.15, 0.2) is 24.5 Å². The summed E-state index contributed by atoms with van der Waals surface area (Å²) < 4.78 is 0. The summed E-state index contributed by atoms with van der Waals surface area (Å²) in [5.74, 6) is 0.659. The molecule has 1 saturated carbocycles. The number of pyridine rings is 1. The lowest BCUT2D eigenvalue weighted by Crippen LogP contribution is -2.33. The van der Waals surface area contributed by atoms with Crippen molar-refractivity contribution in [3.63, 3.8) is 0 Å². The second-order valence-corrected chi connectivity index (χ2v) is 4.57.